The number of benzene rings is 1. The van der Waals surface area contributed by atoms with Gasteiger partial charge in [0.15, 0.2) is 5.65 Å². The van der Waals surface area contributed by atoms with Crippen LogP contribution in [0.4, 0.5) is 0 Å². The Labute approximate surface area is 155 Å². The molecule has 3 aromatic heterocycles. The van der Waals surface area contributed by atoms with Crippen LogP contribution >= 0.6 is 0 Å². The fourth-order valence-electron chi connectivity index (χ4n) is 4.34. The van der Waals surface area contributed by atoms with Crippen molar-refractivity contribution in [1.82, 2.24) is 24.1 Å². The predicted octanol–water partition coefficient (Wildman–Crippen LogP) is 3.26. The average Bonchev–Trinajstić information content (AvgIpc) is 3.15. The topological polar surface area (TPSA) is 55.4 Å². The van der Waals surface area contributed by atoms with Crippen molar-refractivity contribution in [3.63, 3.8) is 0 Å². The molecular weight excluding hydrogens is 338 g/mol. The standard InChI is InChI=1S/C21H17N5O/c1-24-20(27)17-3-2-10-26(17)18-11-14(4-6-16(18)21(24)8-9-21)15-5-7-19-23-22-13-25(19)12-15/h2-7,10-13H,8-9H2,1H3. The normalized spacial score (nSPS) is 17.1. The molecule has 4 aromatic rings. The summed E-state index contributed by atoms with van der Waals surface area (Å²) in [5, 5.41) is 8.02. The smallest absolute Gasteiger partial charge is 0.271 e. The van der Waals surface area contributed by atoms with Gasteiger partial charge in [0.1, 0.15) is 12.0 Å². The van der Waals surface area contributed by atoms with Gasteiger partial charge in [0.2, 0.25) is 0 Å². The number of hydrogen-bond acceptors (Lipinski definition) is 3. The highest BCUT2D eigenvalue weighted by Gasteiger charge is 2.53. The van der Waals surface area contributed by atoms with Gasteiger partial charge < -0.3 is 9.47 Å². The lowest BCUT2D eigenvalue weighted by molar-refractivity contribution is 0.0705. The third kappa shape index (κ3) is 1.87. The highest BCUT2D eigenvalue weighted by atomic mass is 16.2. The van der Waals surface area contributed by atoms with Gasteiger partial charge in [-0.25, -0.2) is 0 Å². The molecular formula is C21H17N5O. The summed E-state index contributed by atoms with van der Waals surface area (Å²) in [4.78, 5) is 14.9. The lowest BCUT2D eigenvalue weighted by Crippen LogP contribution is -2.36. The Morgan fingerprint density at radius 3 is 2.78 bits per heavy atom. The zero-order valence-electron chi connectivity index (χ0n) is 14.8. The number of carbonyl (C=O) groups excluding carboxylic acids is 1. The van der Waals surface area contributed by atoms with Crippen LogP contribution in [0.2, 0.25) is 0 Å². The van der Waals surface area contributed by atoms with Gasteiger partial charge in [-0.15, -0.1) is 10.2 Å². The maximum absolute atomic E-state index is 13.0. The van der Waals surface area contributed by atoms with E-state index in [1.54, 1.807) is 6.33 Å². The number of amides is 1. The van der Waals surface area contributed by atoms with Crippen molar-refractivity contribution in [3.8, 4) is 16.8 Å². The van der Waals surface area contributed by atoms with Crippen LogP contribution in [0.5, 0.6) is 0 Å². The molecule has 0 radical (unpaired) electrons. The Bertz CT molecular complexity index is 1230. The largest absolute Gasteiger partial charge is 0.331 e. The molecule has 1 aliphatic heterocycles. The minimum absolute atomic E-state index is 0.0844. The summed E-state index contributed by atoms with van der Waals surface area (Å²) in [6.45, 7) is 0. The zero-order chi connectivity index (χ0) is 18.2. The minimum Gasteiger partial charge on any atom is -0.331 e. The van der Waals surface area contributed by atoms with Crippen molar-refractivity contribution in [1.29, 1.82) is 0 Å². The van der Waals surface area contributed by atoms with Gasteiger partial charge in [0.25, 0.3) is 5.91 Å². The molecule has 1 aliphatic carbocycles. The number of nitrogens with zero attached hydrogens (tertiary/aromatic N) is 5. The molecule has 0 unspecified atom stereocenters. The van der Waals surface area contributed by atoms with Crippen molar-refractivity contribution in [3.05, 3.63) is 72.4 Å². The Kier molecular flexibility index (Phi) is 2.65. The van der Waals surface area contributed by atoms with Crippen molar-refractivity contribution in [2.24, 2.45) is 0 Å². The van der Waals surface area contributed by atoms with Gasteiger partial charge in [-0.1, -0.05) is 12.1 Å². The monoisotopic (exact) mass is 355 g/mol. The van der Waals surface area contributed by atoms with Crippen LogP contribution in [0.1, 0.15) is 28.9 Å². The summed E-state index contributed by atoms with van der Waals surface area (Å²) in [7, 11) is 1.93. The van der Waals surface area contributed by atoms with E-state index in [1.165, 1.54) is 5.56 Å². The Morgan fingerprint density at radius 2 is 1.93 bits per heavy atom. The van der Waals surface area contributed by atoms with Gasteiger partial charge in [-0.05, 0) is 54.3 Å². The minimum atomic E-state index is -0.164. The molecule has 1 amide bonds. The average molecular weight is 355 g/mol. The molecule has 27 heavy (non-hydrogen) atoms. The first-order valence-electron chi connectivity index (χ1n) is 9.08. The van der Waals surface area contributed by atoms with Crippen LogP contribution in [0.3, 0.4) is 0 Å². The van der Waals surface area contributed by atoms with Crippen LogP contribution in [0.25, 0.3) is 22.5 Å². The van der Waals surface area contributed by atoms with Gasteiger partial charge in [0, 0.05) is 25.0 Å². The van der Waals surface area contributed by atoms with E-state index < -0.39 is 0 Å². The molecule has 1 spiro atoms. The number of pyridine rings is 1. The number of carbonyl (C=O) groups is 1. The Balaban J connectivity index is 1.59. The van der Waals surface area contributed by atoms with Gasteiger partial charge in [0.05, 0.1) is 11.2 Å². The summed E-state index contributed by atoms with van der Waals surface area (Å²) in [6.07, 6.45) is 7.75. The summed E-state index contributed by atoms with van der Waals surface area (Å²) in [5.41, 5.74) is 5.89. The van der Waals surface area contributed by atoms with E-state index in [4.69, 9.17) is 0 Å². The van der Waals surface area contributed by atoms with Gasteiger partial charge >= 0.3 is 0 Å². The summed E-state index contributed by atoms with van der Waals surface area (Å²) >= 11 is 0. The third-order valence-electron chi connectivity index (χ3n) is 6.02. The number of fused-ring (bicyclic) bond motifs is 5. The van der Waals surface area contributed by atoms with Crippen LogP contribution in [0, 0.1) is 0 Å². The molecule has 2 aliphatic rings. The maximum atomic E-state index is 13.0. The van der Waals surface area contributed by atoms with Gasteiger partial charge in [-0.3, -0.25) is 9.20 Å². The van der Waals surface area contributed by atoms with E-state index in [9.17, 15) is 4.79 Å². The van der Waals surface area contributed by atoms with E-state index in [1.807, 2.05) is 51.5 Å². The molecule has 0 N–H and O–H groups in total. The maximum Gasteiger partial charge on any atom is 0.271 e. The van der Waals surface area contributed by atoms with Crippen molar-refractivity contribution in [2.45, 2.75) is 18.4 Å². The summed E-state index contributed by atoms with van der Waals surface area (Å²) in [5.74, 6) is 0.0844. The molecule has 1 aromatic carbocycles. The fourth-order valence-corrected chi connectivity index (χ4v) is 4.34. The van der Waals surface area contributed by atoms with Crippen LogP contribution in [-0.2, 0) is 5.54 Å². The predicted molar refractivity (Wildman–Crippen MR) is 101 cm³/mol. The molecule has 0 bridgehead atoms. The van der Waals surface area contributed by atoms with E-state index in [0.717, 1.165) is 35.3 Å². The van der Waals surface area contributed by atoms with E-state index in [-0.39, 0.29) is 11.4 Å². The van der Waals surface area contributed by atoms with Crippen LogP contribution in [-0.4, -0.2) is 37.0 Å². The number of aromatic nitrogens is 4. The second kappa shape index (κ2) is 4.85. The lowest BCUT2D eigenvalue weighted by atomic mass is 9.97. The van der Waals surface area contributed by atoms with Crippen molar-refractivity contribution in [2.75, 3.05) is 7.05 Å². The van der Waals surface area contributed by atoms with Crippen molar-refractivity contribution < 1.29 is 4.79 Å². The van der Waals surface area contributed by atoms with Crippen LogP contribution in [0.15, 0.2) is 61.2 Å². The fraction of sp³-hybridized carbons (Fsp3) is 0.190. The second-order valence-electron chi connectivity index (χ2n) is 7.41. The number of hydrogen-bond donors (Lipinski definition) is 0. The first-order valence-corrected chi connectivity index (χ1v) is 9.08. The molecule has 4 heterocycles. The third-order valence-corrected chi connectivity index (χ3v) is 6.02. The van der Waals surface area contributed by atoms with Gasteiger partial charge in [-0.2, -0.15) is 0 Å². The first-order chi connectivity index (χ1) is 13.2. The van der Waals surface area contributed by atoms with E-state index >= 15 is 0 Å². The second-order valence-corrected chi connectivity index (χ2v) is 7.41. The zero-order valence-corrected chi connectivity index (χ0v) is 14.8. The SMILES string of the molecule is CN1C(=O)c2cccn2-c2cc(-c3ccc4nncn4c3)ccc2C12CC2. The first kappa shape index (κ1) is 14.7. The summed E-state index contributed by atoms with van der Waals surface area (Å²) in [6, 6.07) is 14.4. The Morgan fingerprint density at radius 1 is 1.07 bits per heavy atom. The molecule has 6 rings (SSSR count). The molecule has 132 valence electrons. The number of rotatable bonds is 1. The molecule has 1 fully saturated rings. The molecule has 6 nitrogen and oxygen atoms in total. The van der Waals surface area contributed by atoms with Crippen molar-refractivity contribution >= 4 is 11.6 Å². The molecule has 0 saturated heterocycles. The molecule has 1 saturated carbocycles. The molecule has 0 atom stereocenters. The highest BCUT2D eigenvalue weighted by Crippen LogP contribution is 2.54. The van der Waals surface area contributed by atoms with Crippen LogP contribution < -0.4 is 0 Å². The Hall–Kier alpha value is -3.41. The quantitative estimate of drug-likeness (QED) is 0.527. The van der Waals surface area contributed by atoms with E-state index in [2.05, 4.69) is 34.5 Å². The highest BCUT2D eigenvalue weighted by molar-refractivity contribution is 5.95. The summed E-state index contributed by atoms with van der Waals surface area (Å²) < 4.78 is 3.95. The van der Waals surface area contributed by atoms with E-state index in [0.29, 0.717) is 5.69 Å². The lowest BCUT2D eigenvalue weighted by Gasteiger charge is -2.27. The molecule has 6 heteroatoms.